The average Bonchev–Trinajstić information content (AvgIpc) is 1.61. The fraction of sp³-hybridized carbons (Fsp3) is 0.600. The molecule has 1 atom stereocenters. The van der Waals surface area contributed by atoms with Gasteiger partial charge in [0.15, 0.2) is 0 Å². The highest BCUT2D eigenvalue weighted by atomic mass is 16.2. The van der Waals surface area contributed by atoms with Crippen LogP contribution in [0.4, 0.5) is 4.79 Å². The minimum absolute atomic E-state index is 0.262. The van der Waals surface area contributed by atoms with Crippen molar-refractivity contribution in [1.82, 2.24) is 4.90 Å². The number of rotatable bonds is 0. The number of likely N-dealkylation sites (tertiary alicyclic amines) is 1. The number of hydrogen-bond acceptors (Lipinski definition) is 2. The van der Waals surface area contributed by atoms with Gasteiger partial charge in [0.05, 0.1) is 6.07 Å². The van der Waals surface area contributed by atoms with Gasteiger partial charge in [-0.2, -0.15) is 5.26 Å². The second kappa shape index (κ2) is 1.94. The summed E-state index contributed by atoms with van der Waals surface area (Å²) in [6.07, 6.45) is 0.763. The van der Waals surface area contributed by atoms with Gasteiger partial charge in [0.2, 0.25) is 0 Å². The third-order valence-corrected chi connectivity index (χ3v) is 1.45. The maximum atomic E-state index is 10.3. The molecule has 1 aliphatic heterocycles. The van der Waals surface area contributed by atoms with Gasteiger partial charge in [0.1, 0.15) is 6.04 Å². The van der Waals surface area contributed by atoms with Crippen molar-refractivity contribution >= 4 is 6.03 Å². The summed E-state index contributed by atoms with van der Waals surface area (Å²) < 4.78 is 0. The highest BCUT2D eigenvalue weighted by Crippen LogP contribution is 2.14. The van der Waals surface area contributed by atoms with Crippen LogP contribution in [0.15, 0.2) is 0 Å². The molecule has 4 heteroatoms. The van der Waals surface area contributed by atoms with Crippen LogP contribution in [0.1, 0.15) is 6.42 Å². The van der Waals surface area contributed by atoms with E-state index in [1.54, 1.807) is 0 Å². The number of urea groups is 1. The molecular formula is C5H7N3O. The molecule has 2 amide bonds. The van der Waals surface area contributed by atoms with Gasteiger partial charge in [0, 0.05) is 6.54 Å². The molecule has 4 nitrogen and oxygen atoms in total. The topological polar surface area (TPSA) is 70.1 Å². The van der Waals surface area contributed by atoms with Crippen molar-refractivity contribution < 1.29 is 4.79 Å². The second-order valence-electron chi connectivity index (χ2n) is 1.97. The quantitative estimate of drug-likeness (QED) is 0.481. The van der Waals surface area contributed by atoms with E-state index >= 15 is 0 Å². The highest BCUT2D eigenvalue weighted by Gasteiger charge is 2.29. The van der Waals surface area contributed by atoms with Gasteiger partial charge in [-0.15, -0.1) is 0 Å². The molecule has 1 saturated heterocycles. The van der Waals surface area contributed by atoms with Gasteiger partial charge in [-0.05, 0) is 6.42 Å². The highest BCUT2D eigenvalue weighted by molar-refractivity contribution is 5.73. The number of carbonyl (C=O) groups excluding carboxylic acids is 1. The normalized spacial score (nSPS) is 24.3. The predicted octanol–water partition coefficient (Wildman–Crippen LogP) is -0.337. The summed E-state index contributed by atoms with van der Waals surface area (Å²) in [4.78, 5) is 11.7. The lowest BCUT2D eigenvalue weighted by atomic mass is 10.1. The lowest BCUT2D eigenvalue weighted by Crippen LogP contribution is -2.52. The SMILES string of the molecule is N#CC1CCN1C(N)=O. The second-order valence-corrected chi connectivity index (χ2v) is 1.97. The molecule has 1 heterocycles. The van der Waals surface area contributed by atoms with Gasteiger partial charge in [-0.1, -0.05) is 0 Å². The molecule has 2 N–H and O–H groups in total. The fourth-order valence-corrected chi connectivity index (χ4v) is 0.785. The van der Waals surface area contributed by atoms with Crippen LogP contribution >= 0.6 is 0 Å². The molecule has 1 unspecified atom stereocenters. The van der Waals surface area contributed by atoms with Crippen LogP contribution in [0.25, 0.3) is 0 Å². The van der Waals surface area contributed by atoms with Crippen LogP contribution in [0.5, 0.6) is 0 Å². The molecule has 1 rings (SSSR count). The first-order valence-corrected chi connectivity index (χ1v) is 2.71. The predicted molar refractivity (Wildman–Crippen MR) is 30.3 cm³/mol. The van der Waals surface area contributed by atoms with Gasteiger partial charge in [-0.25, -0.2) is 4.79 Å². The van der Waals surface area contributed by atoms with Crippen LogP contribution in [0.3, 0.4) is 0 Å². The average molecular weight is 125 g/mol. The van der Waals surface area contributed by atoms with Gasteiger partial charge in [-0.3, -0.25) is 0 Å². The molecule has 0 spiro atoms. The molecule has 48 valence electrons. The molecule has 1 fully saturated rings. The first-order valence-electron chi connectivity index (χ1n) is 2.71. The van der Waals surface area contributed by atoms with Crippen molar-refractivity contribution in [2.24, 2.45) is 5.73 Å². The Balaban J connectivity index is 2.47. The standard InChI is InChI=1S/C5H7N3O/c6-3-4-1-2-8(4)5(7)9/h4H,1-2H2,(H2,7,9). The minimum atomic E-state index is -0.493. The molecule has 0 radical (unpaired) electrons. The molecule has 0 aromatic rings. The first kappa shape index (κ1) is 5.89. The van der Waals surface area contributed by atoms with Crippen molar-refractivity contribution in [1.29, 1.82) is 5.26 Å². The number of amides is 2. The Morgan fingerprint density at radius 1 is 1.89 bits per heavy atom. The van der Waals surface area contributed by atoms with Gasteiger partial charge in [0.25, 0.3) is 0 Å². The Hall–Kier alpha value is -1.24. The molecule has 0 bridgehead atoms. The van der Waals surface area contributed by atoms with E-state index in [1.165, 1.54) is 4.90 Å². The smallest absolute Gasteiger partial charge is 0.315 e. The van der Waals surface area contributed by atoms with E-state index in [0.717, 1.165) is 6.42 Å². The molecule has 1 aliphatic rings. The monoisotopic (exact) mass is 125 g/mol. The summed E-state index contributed by atoms with van der Waals surface area (Å²) in [7, 11) is 0. The number of hydrogen-bond donors (Lipinski definition) is 1. The lowest BCUT2D eigenvalue weighted by Gasteiger charge is -2.34. The van der Waals surface area contributed by atoms with Crippen LogP contribution in [-0.2, 0) is 0 Å². The summed E-state index contributed by atoms with van der Waals surface area (Å²) in [5.41, 5.74) is 4.90. The molecule has 0 aromatic carbocycles. The van der Waals surface area contributed by atoms with Crippen molar-refractivity contribution in [3.8, 4) is 6.07 Å². The van der Waals surface area contributed by atoms with E-state index in [4.69, 9.17) is 11.0 Å². The summed E-state index contributed by atoms with van der Waals surface area (Å²) in [5.74, 6) is 0. The van der Waals surface area contributed by atoms with E-state index in [1.807, 2.05) is 6.07 Å². The molecule has 0 aromatic heterocycles. The number of primary amides is 1. The van der Waals surface area contributed by atoms with E-state index in [9.17, 15) is 4.79 Å². The van der Waals surface area contributed by atoms with Crippen LogP contribution in [0, 0.1) is 11.3 Å². The van der Waals surface area contributed by atoms with Crippen LogP contribution < -0.4 is 5.73 Å². The van der Waals surface area contributed by atoms with Gasteiger partial charge >= 0.3 is 6.03 Å². The minimum Gasteiger partial charge on any atom is -0.351 e. The Labute approximate surface area is 52.8 Å². The largest absolute Gasteiger partial charge is 0.351 e. The fourth-order valence-electron chi connectivity index (χ4n) is 0.785. The number of nitrogens with two attached hydrogens (primary N) is 1. The molecular weight excluding hydrogens is 118 g/mol. The Morgan fingerprint density at radius 2 is 2.56 bits per heavy atom. The van der Waals surface area contributed by atoms with E-state index in [-0.39, 0.29) is 6.04 Å². The lowest BCUT2D eigenvalue weighted by molar-refractivity contribution is 0.150. The van der Waals surface area contributed by atoms with Crippen molar-refractivity contribution in [2.75, 3.05) is 6.54 Å². The van der Waals surface area contributed by atoms with Crippen LogP contribution in [-0.4, -0.2) is 23.5 Å². The van der Waals surface area contributed by atoms with Crippen molar-refractivity contribution in [3.63, 3.8) is 0 Å². The Bertz CT molecular complexity index is 172. The zero-order valence-corrected chi connectivity index (χ0v) is 4.87. The summed E-state index contributed by atoms with van der Waals surface area (Å²) in [6.45, 7) is 0.633. The summed E-state index contributed by atoms with van der Waals surface area (Å²) in [5, 5.41) is 8.31. The van der Waals surface area contributed by atoms with Crippen molar-refractivity contribution in [2.45, 2.75) is 12.5 Å². The molecule has 0 saturated carbocycles. The number of nitriles is 1. The Kier molecular flexibility index (Phi) is 1.27. The van der Waals surface area contributed by atoms with Gasteiger partial charge < -0.3 is 10.6 Å². The maximum absolute atomic E-state index is 10.3. The number of carbonyl (C=O) groups is 1. The zero-order valence-electron chi connectivity index (χ0n) is 4.87. The zero-order chi connectivity index (χ0) is 6.85. The molecule has 9 heavy (non-hydrogen) atoms. The first-order chi connectivity index (χ1) is 4.25. The molecule has 0 aliphatic carbocycles. The summed E-state index contributed by atoms with van der Waals surface area (Å²) in [6, 6.07) is 1.20. The third kappa shape index (κ3) is 0.809. The Morgan fingerprint density at radius 3 is 2.67 bits per heavy atom. The van der Waals surface area contributed by atoms with Crippen molar-refractivity contribution in [3.05, 3.63) is 0 Å². The van der Waals surface area contributed by atoms with E-state index in [2.05, 4.69) is 0 Å². The van der Waals surface area contributed by atoms with Crippen LogP contribution in [0.2, 0.25) is 0 Å². The number of nitrogens with zero attached hydrogens (tertiary/aromatic N) is 2. The van der Waals surface area contributed by atoms with E-state index < -0.39 is 6.03 Å². The summed E-state index contributed by atoms with van der Waals surface area (Å²) >= 11 is 0. The maximum Gasteiger partial charge on any atom is 0.315 e. The third-order valence-electron chi connectivity index (χ3n) is 1.45. The van der Waals surface area contributed by atoms with E-state index in [0.29, 0.717) is 6.54 Å².